The van der Waals surface area contributed by atoms with E-state index in [9.17, 15) is 14.4 Å². The molecule has 1 fully saturated rings. The summed E-state index contributed by atoms with van der Waals surface area (Å²) in [4.78, 5) is 37.5. The Balaban J connectivity index is 2.12. The predicted octanol–water partition coefficient (Wildman–Crippen LogP) is 3.68. The largest absolute Gasteiger partial charge is 0.496 e. The molecule has 2 amide bonds. The molecule has 1 heterocycles. The molecular weight excluding hydrogens is 457 g/mol. The van der Waals surface area contributed by atoms with Gasteiger partial charge in [0.15, 0.2) is 0 Å². The minimum atomic E-state index is -0.586. The van der Waals surface area contributed by atoms with Crippen molar-refractivity contribution in [3.8, 4) is 5.75 Å². The molecule has 0 aliphatic carbocycles. The molecule has 0 saturated carbocycles. The molecule has 0 unspecified atom stereocenters. The summed E-state index contributed by atoms with van der Waals surface area (Å²) >= 11 is 2.95. The number of ether oxygens (including phenoxy) is 2. The Hall–Kier alpha value is -1.55. The number of halogens is 1. The lowest BCUT2D eigenvalue weighted by Crippen LogP contribution is -2.35. The van der Waals surface area contributed by atoms with E-state index in [4.69, 9.17) is 9.47 Å². The Morgan fingerprint density at radius 1 is 1.40 bits per heavy atom. The Morgan fingerprint density at radius 2 is 2.12 bits per heavy atom. The monoisotopic (exact) mass is 475 g/mol. The molecule has 0 spiro atoms. The van der Waals surface area contributed by atoms with Gasteiger partial charge < -0.3 is 9.47 Å². The van der Waals surface area contributed by atoms with Crippen molar-refractivity contribution < 1.29 is 23.9 Å². The van der Waals surface area contributed by atoms with Crippen LogP contribution in [0.25, 0.3) is 6.08 Å². The summed E-state index contributed by atoms with van der Waals surface area (Å²) < 4.78 is 11.2. The second-order valence-electron chi connectivity index (χ2n) is 5.37. The number of nitrogens with zero attached hydrogens (tertiary/aromatic N) is 1. The zero-order chi connectivity index (χ0) is 18.6. The Kier molecular flexibility index (Phi) is 6.88. The van der Waals surface area contributed by atoms with Gasteiger partial charge >= 0.3 is 5.97 Å². The molecule has 0 radical (unpaired) electrons. The van der Waals surface area contributed by atoms with Gasteiger partial charge in [-0.2, -0.15) is 0 Å². The molecule has 8 heteroatoms. The minimum absolute atomic E-state index is 0.246. The molecule has 6 nitrogen and oxygen atoms in total. The molecule has 1 aromatic rings. The number of benzene rings is 1. The molecular formula is C17H18INO5S. The molecule has 2 rings (SSSR count). The van der Waals surface area contributed by atoms with Crippen LogP contribution in [0.1, 0.15) is 25.8 Å². The van der Waals surface area contributed by atoms with Crippen LogP contribution in [0.3, 0.4) is 0 Å². The molecule has 25 heavy (non-hydrogen) atoms. The molecule has 0 bridgehead atoms. The molecule has 1 atom stereocenters. The van der Waals surface area contributed by atoms with Crippen molar-refractivity contribution in [1.82, 2.24) is 4.90 Å². The third-order valence-electron chi connectivity index (χ3n) is 3.54. The number of methoxy groups -OCH3 is 1. The van der Waals surface area contributed by atoms with Crippen LogP contribution >= 0.6 is 34.4 Å². The van der Waals surface area contributed by atoms with Gasteiger partial charge in [-0.3, -0.25) is 19.3 Å². The van der Waals surface area contributed by atoms with E-state index in [0.29, 0.717) is 6.42 Å². The summed E-state index contributed by atoms with van der Waals surface area (Å²) in [5.41, 5.74) is 0.776. The summed E-state index contributed by atoms with van der Waals surface area (Å²) in [5.74, 6) is -0.336. The summed E-state index contributed by atoms with van der Waals surface area (Å²) in [5, 5.41) is -0.472. The highest BCUT2D eigenvalue weighted by Gasteiger charge is 2.36. The van der Waals surface area contributed by atoms with Gasteiger partial charge in [0.2, 0.25) is 0 Å². The second-order valence-corrected chi connectivity index (χ2v) is 7.53. The normalized spacial score (nSPS) is 17.1. The van der Waals surface area contributed by atoms with Crippen LogP contribution < -0.4 is 4.74 Å². The quantitative estimate of drug-likeness (QED) is 0.355. The zero-order valence-electron chi connectivity index (χ0n) is 14.1. The fourth-order valence-electron chi connectivity index (χ4n) is 2.03. The summed E-state index contributed by atoms with van der Waals surface area (Å²) in [6.45, 7) is 3.28. The van der Waals surface area contributed by atoms with Crippen molar-refractivity contribution in [2.75, 3.05) is 13.7 Å². The van der Waals surface area contributed by atoms with Crippen molar-refractivity contribution in [1.29, 1.82) is 0 Å². The number of carbonyl (C=O) groups is 3. The first-order valence-electron chi connectivity index (χ1n) is 7.64. The van der Waals surface area contributed by atoms with Gasteiger partial charge in [0.05, 0.1) is 21.7 Å². The Morgan fingerprint density at radius 3 is 2.72 bits per heavy atom. The SMILES string of the molecule is CC[C@@H](C)OC(=O)CN1C(=O)S/C(=C\c2ccc(OC)c(I)c2)C1=O. The molecule has 1 saturated heterocycles. The second kappa shape index (κ2) is 8.70. The van der Waals surface area contributed by atoms with E-state index >= 15 is 0 Å². The lowest BCUT2D eigenvalue weighted by atomic mass is 10.2. The highest BCUT2D eigenvalue weighted by Crippen LogP contribution is 2.33. The van der Waals surface area contributed by atoms with Gasteiger partial charge in [0.25, 0.3) is 11.1 Å². The van der Waals surface area contributed by atoms with Gasteiger partial charge in [0.1, 0.15) is 12.3 Å². The van der Waals surface area contributed by atoms with Gasteiger partial charge in [-0.15, -0.1) is 0 Å². The number of imide groups is 1. The first-order chi connectivity index (χ1) is 11.8. The van der Waals surface area contributed by atoms with Crippen molar-refractivity contribution in [3.05, 3.63) is 32.2 Å². The maximum absolute atomic E-state index is 12.4. The Labute approximate surface area is 164 Å². The van der Waals surface area contributed by atoms with Crippen LogP contribution in [0.4, 0.5) is 4.79 Å². The lowest BCUT2D eigenvalue weighted by molar-refractivity contribution is -0.150. The summed E-state index contributed by atoms with van der Waals surface area (Å²) in [6.07, 6.45) is 2.06. The van der Waals surface area contributed by atoms with Crippen LogP contribution in [0.2, 0.25) is 0 Å². The number of rotatable bonds is 6. The average molecular weight is 475 g/mol. The van der Waals surface area contributed by atoms with Gasteiger partial charge in [-0.1, -0.05) is 13.0 Å². The zero-order valence-corrected chi connectivity index (χ0v) is 17.0. The first kappa shape index (κ1) is 19.8. The van der Waals surface area contributed by atoms with E-state index in [-0.39, 0.29) is 17.6 Å². The predicted molar refractivity (Wildman–Crippen MR) is 104 cm³/mol. The average Bonchev–Trinajstić information content (AvgIpc) is 2.82. The van der Waals surface area contributed by atoms with Crippen molar-refractivity contribution >= 4 is 57.5 Å². The lowest BCUT2D eigenvalue weighted by Gasteiger charge is -2.14. The molecule has 0 N–H and O–H groups in total. The molecule has 1 aromatic carbocycles. The van der Waals surface area contributed by atoms with Crippen LogP contribution in [-0.2, 0) is 14.3 Å². The van der Waals surface area contributed by atoms with E-state index in [1.807, 2.05) is 13.0 Å². The number of esters is 1. The van der Waals surface area contributed by atoms with Crippen LogP contribution in [-0.4, -0.2) is 41.8 Å². The van der Waals surface area contributed by atoms with Gasteiger partial charge in [-0.25, -0.2) is 0 Å². The summed E-state index contributed by atoms with van der Waals surface area (Å²) in [7, 11) is 1.58. The standard InChI is InChI=1S/C17H18INO5S/c1-4-10(2)24-15(20)9-19-16(21)14(25-17(19)22)8-11-5-6-13(23-3)12(18)7-11/h5-8,10H,4,9H2,1-3H3/b14-8-/t10-/m1/s1. The molecule has 1 aliphatic heterocycles. The number of carbonyl (C=O) groups excluding carboxylic acids is 3. The number of amides is 2. The highest BCUT2D eigenvalue weighted by molar-refractivity contribution is 14.1. The van der Waals surface area contributed by atoms with Crippen LogP contribution in [0.5, 0.6) is 5.75 Å². The van der Waals surface area contributed by atoms with Gasteiger partial charge in [-0.05, 0) is 71.5 Å². The minimum Gasteiger partial charge on any atom is -0.496 e. The van der Waals surface area contributed by atoms with E-state index in [1.165, 1.54) is 0 Å². The highest BCUT2D eigenvalue weighted by atomic mass is 127. The maximum atomic E-state index is 12.4. The third-order valence-corrected chi connectivity index (χ3v) is 5.29. The van der Waals surface area contributed by atoms with Crippen molar-refractivity contribution in [2.24, 2.45) is 0 Å². The Bertz CT molecular complexity index is 734. The molecule has 0 aromatic heterocycles. The van der Waals surface area contributed by atoms with Crippen LogP contribution in [0.15, 0.2) is 23.1 Å². The smallest absolute Gasteiger partial charge is 0.326 e. The third kappa shape index (κ3) is 4.97. The number of hydrogen-bond donors (Lipinski definition) is 0. The van der Waals surface area contributed by atoms with E-state index in [0.717, 1.165) is 31.5 Å². The molecule has 1 aliphatic rings. The van der Waals surface area contributed by atoms with E-state index in [1.54, 1.807) is 32.2 Å². The molecule has 134 valence electrons. The fraction of sp³-hybridized carbons (Fsp3) is 0.353. The van der Waals surface area contributed by atoms with Crippen molar-refractivity contribution in [2.45, 2.75) is 26.4 Å². The number of hydrogen-bond acceptors (Lipinski definition) is 6. The first-order valence-corrected chi connectivity index (χ1v) is 9.53. The number of thioether (sulfide) groups is 1. The van der Waals surface area contributed by atoms with Gasteiger partial charge in [0, 0.05) is 0 Å². The maximum Gasteiger partial charge on any atom is 0.326 e. The van der Waals surface area contributed by atoms with E-state index < -0.39 is 17.1 Å². The summed E-state index contributed by atoms with van der Waals surface area (Å²) in [6, 6.07) is 5.44. The topological polar surface area (TPSA) is 72.9 Å². The van der Waals surface area contributed by atoms with Crippen molar-refractivity contribution in [3.63, 3.8) is 0 Å². The van der Waals surface area contributed by atoms with Crippen LogP contribution in [0, 0.1) is 3.57 Å². The van der Waals surface area contributed by atoms with E-state index in [2.05, 4.69) is 22.6 Å². The fourth-order valence-corrected chi connectivity index (χ4v) is 3.63.